The van der Waals surface area contributed by atoms with Crippen molar-refractivity contribution in [3.05, 3.63) is 71.8 Å². The third-order valence-corrected chi connectivity index (χ3v) is 3.36. The number of rotatable bonds is 9. The average Bonchev–Trinajstić information content (AvgIpc) is 2.54. The van der Waals surface area contributed by atoms with Gasteiger partial charge in [-0.05, 0) is 11.1 Å². The predicted octanol–water partition coefficient (Wildman–Crippen LogP) is 2.66. The van der Waals surface area contributed by atoms with E-state index in [0.29, 0.717) is 13.2 Å². The van der Waals surface area contributed by atoms with E-state index >= 15 is 0 Å². The van der Waals surface area contributed by atoms with E-state index in [1.165, 1.54) is 11.1 Å². The van der Waals surface area contributed by atoms with Gasteiger partial charge in [0.25, 0.3) is 0 Å². The van der Waals surface area contributed by atoms with Gasteiger partial charge >= 0.3 is 0 Å². The van der Waals surface area contributed by atoms with E-state index in [-0.39, 0.29) is 0 Å². The number of hydrogen-bond acceptors (Lipinski definition) is 3. The molecule has 0 unspecified atom stereocenters. The Bertz CT molecular complexity index is 487. The van der Waals surface area contributed by atoms with E-state index in [9.17, 15) is 0 Å². The van der Waals surface area contributed by atoms with Gasteiger partial charge in [-0.3, -0.25) is 4.90 Å². The molecule has 0 spiro atoms. The van der Waals surface area contributed by atoms with Crippen LogP contribution in [0.4, 0.5) is 0 Å². The first-order chi connectivity index (χ1) is 10.4. The molecule has 0 amide bonds. The molecule has 0 radical (unpaired) electrons. The maximum absolute atomic E-state index is 5.75. The van der Waals surface area contributed by atoms with Crippen LogP contribution >= 0.6 is 0 Å². The lowest BCUT2D eigenvalue weighted by Crippen LogP contribution is -2.32. The molecule has 2 aromatic rings. The molecule has 3 heteroatoms. The van der Waals surface area contributed by atoms with Gasteiger partial charge in [0.1, 0.15) is 0 Å². The van der Waals surface area contributed by atoms with Crippen molar-refractivity contribution in [2.24, 2.45) is 5.73 Å². The van der Waals surface area contributed by atoms with Crippen molar-refractivity contribution in [3.8, 4) is 0 Å². The number of ether oxygens (including phenoxy) is 1. The standard InChI is InChI=1S/C18H24N2O/c19-11-12-20(15-17-7-3-1-4-8-17)13-14-21-16-18-9-5-2-6-10-18/h1-10H,11-16,19H2. The number of nitrogens with two attached hydrogens (primary N) is 1. The largest absolute Gasteiger partial charge is 0.375 e. The van der Waals surface area contributed by atoms with Gasteiger partial charge in [-0.1, -0.05) is 60.7 Å². The molecule has 0 atom stereocenters. The SMILES string of the molecule is NCCN(CCOCc1ccccc1)Cc1ccccc1. The molecular formula is C18H24N2O. The Morgan fingerprint density at radius 1 is 0.810 bits per heavy atom. The van der Waals surface area contributed by atoms with Crippen LogP contribution in [0.3, 0.4) is 0 Å². The van der Waals surface area contributed by atoms with E-state index in [0.717, 1.165) is 26.2 Å². The van der Waals surface area contributed by atoms with Crippen molar-refractivity contribution in [2.45, 2.75) is 13.2 Å². The summed E-state index contributed by atoms with van der Waals surface area (Å²) in [6.07, 6.45) is 0. The van der Waals surface area contributed by atoms with Crippen LogP contribution in [0.15, 0.2) is 60.7 Å². The second-order valence-corrected chi connectivity index (χ2v) is 5.09. The highest BCUT2D eigenvalue weighted by Crippen LogP contribution is 2.05. The smallest absolute Gasteiger partial charge is 0.0717 e. The van der Waals surface area contributed by atoms with Crippen LogP contribution in [0.5, 0.6) is 0 Å². The monoisotopic (exact) mass is 284 g/mol. The fourth-order valence-electron chi connectivity index (χ4n) is 2.25. The molecule has 2 rings (SSSR count). The Morgan fingerprint density at radius 2 is 1.43 bits per heavy atom. The molecule has 0 saturated heterocycles. The summed E-state index contributed by atoms with van der Waals surface area (Å²) >= 11 is 0. The summed E-state index contributed by atoms with van der Waals surface area (Å²) in [5.41, 5.74) is 8.22. The molecule has 0 aromatic heterocycles. The Balaban J connectivity index is 1.72. The van der Waals surface area contributed by atoms with Gasteiger partial charge in [0, 0.05) is 26.2 Å². The van der Waals surface area contributed by atoms with Crippen LogP contribution in [0.2, 0.25) is 0 Å². The highest BCUT2D eigenvalue weighted by Gasteiger charge is 2.05. The minimum absolute atomic E-state index is 0.669. The van der Waals surface area contributed by atoms with Gasteiger partial charge in [0.15, 0.2) is 0 Å². The molecule has 3 nitrogen and oxygen atoms in total. The van der Waals surface area contributed by atoms with Crippen molar-refractivity contribution in [1.29, 1.82) is 0 Å². The summed E-state index contributed by atoms with van der Waals surface area (Å²) in [4.78, 5) is 2.33. The zero-order valence-electron chi connectivity index (χ0n) is 12.4. The molecule has 0 aliphatic heterocycles. The lowest BCUT2D eigenvalue weighted by molar-refractivity contribution is 0.0912. The summed E-state index contributed by atoms with van der Waals surface area (Å²) in [5.74, 6) is 0. The Morgan fingerprint density at radius 3 is 2.05 bits per heavy atom. The van der Waals surface area contributed by atoms with E-state index in [1.54, 1.807) is 0 Å². The molecule has 0 bridgehead atoms. The van der Waals surface area contributed by atoms with Crippen molar-refractivity contribution < 1.29 is 4.74 Å². The lowest BCUT2D eigenvalue weighted by Gasteiger charge is -2.21. The summed E-state index contributed by atoms with van der Waals surface area (Å²) in [7, 11) is 0. The third kappa shape index (κ3) is 6.08. The van der Waals surface area contributed by atoms with Gasteiger partial charge in [0.2, 0.25) is 0 Å². The second kappa shape index (κ2) is 9.29. The molecule has 2 aromatic carbocycles. The van der Waals surface area contributed by atoms with Gasteiger partial charge in [-0.25, -0.2) is 0 Å². The molecule has 0 aliphatic rings. The van der Waals surface area contributed by atoms with E-state index in [2.05, 4.69) is 41.3 Å². The summed E-state index contributed by atoms with van der Waals surface area (Å²) < 4.78 is 5.75. The van der Waals surface area contributed by atoms with Crippen molar-refractivity contribution in [3.63, 3.8) is 0 Å². The number of nitrogens with zero attached hydrogens (tertiary/aromatic N) is 1. The normalized spacial score (nSPS) is 11.0. The van der Waals surface area contributed by atoms with E-state index < -0.39 is 0 Å². The topological polar surface area (TPSA) is 38.5 Å². The zero-order valence-corrected chi connectivity index (χ0v) is 12.4. The average molecular weight is 284 g/mol. The summed E-state index contributed by atoms with van der Waals surface area (Å²) in [5, 5.41) is 0. The number of benzene rings is 2. The quantitative estimate of drug-likeness (QED) is 0.720. The van der Waals surface area contributed by atoms with Gasteiger partial charge in [-0.15, -0.1) is 0 Å². The predicted molar refractivity (Wildman–Crippen MR) is 86.9 cm³/mol. The molecule has 0 fully saturated rings. The molecule has 2 N–H and O–H groups in total. The van der Waals surface area contributed by atoms with E-state index in [4.69, 9.17) is 10.5 Å². The second-order valence-electron chi connectivity index (χ2n) is 5.09. The molecule has 0 heterocycles. The Labute approximate surface area is 127 Å². The highest BCUT2D eigenvalue weighted by molar-refractivity contribution is 5.14. The van der Waals surface area contributed by atoms with Gasteiger partial charge < -0.3 is 10.5 Å². The van der Waals surface area contributed by atoms with Crippen LogP contribution in [0.25, 0.3) is 0 Å². The van der Waals surface area contributed by atoms with Crippen molar-refractivity contribution in [1.82, 2.24) is 4.90 Å². The van der Waals surface area contributed by atoms with Crippen LogP contribution in [-0.2, 0) is 17.9 Å². The molecule has 0 aliphatic carbocycles. The van der Waals surface area contributed by atoms with Crippen molar-refractivity contribution >= 4 is 0 Å². The highest BCUT2D eigenvalue weighted by atomic mass is 16.5. The summed E-state index contributed by atoms with van der Waals surface area (Å²) in [6, 6.07) is 20.7. The third-order valence-electron chi connectivity index (χ3n) is 3.36. The van der Waals surface area contributed by atoms with Gasteiger partial charge in [0.05, 0.1) is 13.2 Å². The maximum Gasteiger partial charge on any atom is 0.0717 e. The fraction of sp³-hybridized carbons (Fsp3) is 0.333. The Hall–Kier alpha value is -1.68. The zero-order chi connectivity index (χ0) is 14.8. The first kappa shape index (κ1) is 15.7. The first-order valence-corrected chi connectivity index (χ1v) is 7.46. The fourth-order valence-corrected chi connectivity index (χ4v) is 2.25. The molecule has 112 valence electrons. The van der Waals surface area contributed by atoms with Crippen LogP contribution in [-0.4, -0.2) is 31.1 Å². The minimum Gasteiger partial charge on any atom is -0.375 e. The maximum atomic E-state index is 5.75. The summed E-state index contributed by atoms with van der Waals surface area (Å²) in [6.45, 7) is 4.78. The van der Waals surface area contributed by atoms with Crippen LogP contribution in [0.1, 0.15) is 11.1 Å². The molecular weight excluding hydrogens is 260 g/mol. The lowest BCUT2D eigenvalue weighted by atomic mass is 10.2. The Kier molecular flexibility index (Phi) is 6.95. The van der Waals surface area contributed by atoms with Crippen LogP contribution in [0, 0.1) is 0 Å². The van der Waals surface area contributed by atoms with Crippen LogP contribution < -0.4 is 5.73 Å². The molecule has 0 saturated carbocycles. The van der Waals surface area contributed by atoms with Gasteiger partial charge in [-0.2, -0.15) is 0 Å². The minimum atomic E-state index is 0.669. The molecule has 21 heavy (non-hydrogen) atoms. The first-order valence-electron chi connectivity index (χ1n) is 7.46. The van der Waals surface area contributed by atoms with Crippen molar-refractivity contribution in [2.75, 3.05) is 26.2 Å². The number of hydrogen-bond donors (Lipinski definition) is 1. The van der Waals surface area contributed by atoms with E-state index in [1.807, 2.05) is 24.3 Å².